The lowest BCUT2D eigenvalue weighted by Crippen LogP contribution is -2.28. The molecule has 0 aromatic heterocycles. The summed E-state index contributed by atoms with van der Waals surface area (Å²) in [5, 5.41) is 3.26. The van der Waals surface area contributed by atoms with Gasteiger partial charge in [-0.3, -0.25) is 14.4 Å². The Kier molecular flexibility index (Phi) is 8.59. The van der Waals surface area contributed by atoms with E-state index in [1.54, 1.807) is 36.4 Å². The summed E-state index contributed by atoms with van der Waals surface area (Å²) in [5.41, 5.74) is 3.18. The topological polar surface area (TPSA) is 84.9 Å². The van der Waals surface area contributed by atoms with Crippen molar-refractivity contribution in [1.29, 1.82) is 0 Å². The second-order valence-electron chi connectivity index (χ2n) is 9.48. The number of aryl methyl sites for hydroxylation is 1. The number of carbonyl (C=O) groups excluding carboxylic acids is 3. The van der Waals surface area contributed by atoms with Crippen LogP contribution >= 0.6 is 23.2 Å². The molecule has 0 unspecified atom stereocenters. The third-order valence-corrected chi connectivity index (χ3v) is 6.74. The molecule has 1 heterocycles. The van der Waals surface area contributed by atoms with E-state index in [0.717, 1.165) is 16.9 Å². The van der Waals surface area contributed by atoms with Gasteiger partial charge in [0.2, 0.25) is 5.91 Å². The number of esters is 1. The first kappa shape index (κ1) is 27.5. The molecule has 198 valence electrons. The van der Waals surface area contributed by atoms with Gasteiger partial charge in [0.15, 0.2) is 6.61 Å². The number of halogens is 2. The SMILES string of the molecule is Cc1ccc(C(C)C)c(Oc2ccc(N3C[C@@H](C(=O)OCC(=O)Nc4cc(Cl)ccc4Cl)CC3=O)cc2)c1. The quantitative estimate of drug-likeness (QED) is 0.311. The Hall–Kier alpha value is -3.55. The molecular weight excluding hydrogens is 527 g/mol. The van der Waals surface area contributed by atoms with Crippen molar-refractivity contribution in [3.63, 3.8) is 0 Å². The highest BCUT2D eigenvalue weighted by molar-refractivity contribution is 6.35. The summed E-state index contributed by atoms with van der Waals surface area (Å²) in [4.78, 5) is 39.0. The van der Waals surface area contributed by atoms with E-state index < -0.39 is 24.4 Å². The van der Waals surface area contributed by atoms with Crippen LogP contribution in [0, 0.1) is 12.8 Å². The van der Waals surface area contributed by atoms with Crippen LogP contribution in [0.3, 0.4) is 0 Å². The van der Waals surface area contributed by atoms with E-state index in [9.17, 15) is 14.4 Å². The fraction of sp³-hybridized carbons (Fsp3) is 0.276. The van der Waals surface area contributed by atoms with E-state index in [4.69, 9.17) is 32.7 Å². The number of nitrogens with one attached hydrogen (secondary N) is 1. The largest absolute Gasteiger partial charge is 0.457 e. The molecule has 0 aliphatic carbocycles. The van der Waals surface area contributed by atoms with E-state index in [1.807, 2.05) is 13.0 Å². The third kappa shape index (κ3) is 6.65. The van der Waals surface area contributed by atoms with Crippen molar-refractivity contribution in [2.24, 2.45) is 5.92 Å². The lowest BCUT2D eigenvalue weighted by atomic mass is 10.0. The molecule has 4 rings (SSSR count). The number of carbonyl (C=O) groups is 3. The maximum atomic E-state index is 12.7. The molecule has 1 aliphatic heterocycles. The molecule has 0 bridgehead atoms. The molecule has 38 heavy (non-hydrogen) atoms. The second kappa shape index (κ2) is 11.9. The van der Waals surface area contributed by atoms with Gasteiger partial charge in [-0.25, -0.2) is 0 Å². The van der Waals surface area contributed by atoms with Crippen LogP contribution in [0.15, 0.2) is 60.7 Å². The second-order valence-corrected chi connectivity index (χ2v) is 10.3. The maximum Gasteiger partial charge on any atom is 0.311 e. The van der Waals surface area contributed by atoms with Crippen molar-refractivity contribution in [3.8, 4) is 11.5 Å². The predicted octanol–water partition coefficient (Wildman–Crippen LogP) is 6.75. The average molecular weight is 555 g/mol. The first-order valence-corrected chi connectivity index (χ1v) is 13.0. The highest BCUT2D eigenvalue weighted by Crippen LogP contribution is 2.33. The van der Waals surface area contributed by atoms with Crippen LogP contribution in [0.25, 0.3) is 0 Å². The number of hydrogen-bond donors (Lipinski definition) is 1. The van der Waals surface area contributed by atoms with Gasteiger partial charge in [0.05, 0.1) is 16.6 Å². The number of anilines is 2. The number of ether oxygens (including phenoxy) is 2. The Labute approximate surface area is 231 Å². The van der Waals surface area contributed by atoms with E-state index in [1.165, 1.54) is 11.0 Å². The Bertz CT molecular complexity index is 1360. The number of amides is 2. The Balaban J connectivity index is 1.33. The fourth-order valence-corrected chi connectivity index (χ4v) is 4.51. The first-order valence-electron chi connectivity index (χ1n) is 12.2. The average Bonchev–Trinajstić information content (AvgIpc) is 3.26. The summed E-state index contributed by atoms with van der Waals surface area (Å²) in [7, 11) is 0. The molecule has 1 atom stereocenters. The normalized spacial score (nSPS) is 15.1. The van der Waals surface area contributed by atoms with E-state index in [0.29, 0.717) is 33.1 Å². The van der Waals surface area contributed by atoms with Gasteiger partial charge in [-0.1, -0.05) is 49.2 Å². The van der Waals surface area contributed by atoms with E-state index in [2.05, 4.69) is 31.3 Å². The van der Waals surface area contributed by atoms with Crippen molar-refractivity contribution >= 4 is 52.4 Å². The van der Waals surface area contributed by atoms with E-state index in [-0.39, 0.29) is 18.9 Å². The molecule has 0 spiro atoms. The fourth-order valence-electron chi connectivity index (χ4n) is 4.18. The van der Waals surface area contributed by atoms with Gasteiger partial charge in [-0.15, -0.1) is 0 Å². The monoisotopic (exact) mass is 554 g/mol. The third-order valence-electron chi connectivity index (χ3n) is 6.17. The summed E-state index contributed by atoms with van der Waals surface area (Å²) in [6, 6.07) is 17.9. The molecule has 0 radical (unpaired) electrons. The molecule has 9 heteroatoms. The van der Waals surface area contributed by atoms with Crippen molar-refractivity contribution in [2.45, 2.75) is 33.1 Å². The summed E-state index contributed by atoms with van der Waals surface area (Å²) >= 11 is 12.0. The first-order chi connectivity index (χ1) is 18.1. The lowest BCUT2D eigenvalue weighted by molar-refractivity contribution is -0.151. The Morgan fingerprint density at radius 1 is 1.05 bits per heavy atom. The number of hydrogen-bond acceptors (Lipinski definition) is 5. The summed E-state index contributed by atoms with van der Waals surface area (Å²) < 4.78 is 11.3. The smallest absolute Gasteiger partial charge is 0.311 e. The van der Waals surface area contributed by atoms with Crippen LogP contribution in [-0.2, 0) is 19.1 Å². The highest BCUT2D eigenvalue weighted by Gasteiger charge is 2.36. The molecule has 1 fully saturated rings. The molecule has 7 nitrogen and oxygen atoms in total. The van der Waals surface area contributed by atoms with Crippen LogP contribution in [0.4, 0.5) is 11.4 Å². The molecule has 1 N–H and O–H groups in total. The van der Waals surface area contributed by atoms with Crippen LogP contribution < -0.4 is 15.0 Å². The zero-order chi connectivity index (χ0) is 27.4. The minimum absolute atomic E-state index is 0.000133. The summed E-state index contributed by atoms with van der Waals surface area (Å²) in [5.74, 6) is -0.297. The lowest BCUT2D eigenvalue weighted by Gasteiger charge is -2.18. The highest BCUT2D eigenvalue weighted by atomic mass is 35.5. The van der Waals surface area contributed by atoms with Crippen LogP contribution in [-0.4, -0.2) is 30.9 Å². The van der Waals surface area contributed by atoms with Crippen molar-refractivity contribution < 1.29 is 23.9 Å². The molecule has 1 aliphatic rings. The van der Waals surface area contributed by atoms with E-state index >= 15 is 0 Å². The minimum Gasteiger partial charge on any atom is -0.457 e. The van der Waals surface area contributed by atoms with Gasteiger partial charge in [0, 0.05) is 23.7 Å². The van der Waals surface area contributed by atoms with Crippen molar-refractivity contribution in [3.05, 3.63) is 81.8 Å². The molecule has 1 saturated heterocycles. The van der Waals surface area contributed by atoms with Gasteiger partial charge in [0.25, 0.3) is 5.91 Å². The Morgan fingerprint density at radius 2 is 1.79 bits per heavy atom. The van der Waals surface area contributed by atoms with Gasteiger partial charge in [-0.2, -0.15) is 0 Å². The maximum absolute atomic E-state index is 12.7. The molecule has 3 aromatic rings. The van der Waals surface area contributed by atoms with Gasteiger partial charge >= 0.3 is 5.97 Å². The number of rotatable bonds is 8. The minimum atomic E-state index is -0.679. The predicted molar refractivity (Wildman–Crippen MR) is 148 cm³/mol. The molecular formula is C29H28Cl2N2O5. The molecule has 3 aromatic carbocycles. The number of nitrogens with zero attached hydrogens (tertiary/aromatic N) is 1. The summed E-state index contributed by atoms with van der Waals surface area (Å²) in [6.45, 7) is 5.90. The Morgan fingerprint density at radius 3 is 2.50 bits per heavy atom. The summed E-state index contributed by atoms with van der Waals surface area (Å²) in [6.07, 6.45) is -0.000133. The zero-order valence-electron chi connectivity index (χ0n) is 21.3. The van der Waals surface area contributed by atoms with Crippen LogP contribution in [0.5, 0.6) is 11.5 Å². The van der Waals surface area contributed by atoms with Gasteiger partial charge in [0.1, 0.15) is 11.5 Å². The molecule has 2 amide bonds. The van der Waals surface area contributed by atoms with Gasteiger partial charge in [-0.05, 0) is 72.5 Å². The van der Waals surface area contributed by atoms with Crippen LogP contribution in [0.1, 0.15) is 37.3 Å². The molecule has 0 saturated carbocycles. The zero-order valence-corrected chi connectivity index (χ0v) is 22.8. The van der Waals surface area contributed by atoms with Crippen molar-refractivity contribution in [1.82, 2.24) is 0 Å². The van der Waals surface area contributed by atoms with Crippen molar-refractivity contribution in [2.75, 3.05) is 23.4 Å². The number of benzene rings is 3. The standard InChI is InChI=1S/C29H28Cl2N2O5/c1-17(2)23-10-4-18(3)12-26(23)38-22-8-6-21(7-9-22)33-15-19(13-28(33)35)29(36)37-16-27(34)32-25-14-20(30)5-11-24(25)31/h4-12,14,17,19H,13,15-16H2,1-3H3,(H,32,34)/t19-/m0/s1. The van der Waals surface area contributed by atoms with Crippen LogP contribution in [0.2, 0.25) is 10.0 Å². The van der Waals surface area contributed by atoms with Gasteiger partial charge < -0.3 is 19.7 Å².